The van der Waals surface area contributed by atoms with Crippen molar-refractivity contribution in [2.75, 3.05) is 0 Å². The van der Waals surface area contributed by atoms with E-state index in [0.717, 1.165) is 0 Å². The van der Waals surface area contributed by atoms with Gasteiger partial charge in [0.2, 0.25) is 0 Å². The zero-order chi connectivity index (χ0) is 14.5. The first-order valence-electron chi connectivity index (χ1n) is 5.78. The number of rotatable bonds is 3. The van der Waals surface area contributed by atoms with Crippen LogP contribution in [0.3, 0.4) is 0 Å². The standard InChI is InChI=1S/C14H11Cl2N3O/c1-9(12-7-11(15)4-5-13(12)16)18-19-14(20)10-3-2-6-17-8-10/h2-8H,1H3,(H,19,20). The lowest BCUT2D eigenvalue weighted by Gasteiger charge is -2.05. The maximum absolute atomic E-state index is 11.8. The maximum atomic E-state index is 11.8. The lowest BCUT2D eigenvalue weighted by Crippen LogP contribution is -2.19. The summed E-state index contributed by atoms with van der Waals surface area (Å²) in [4.78, 5) is 15.7. The van der Waals surface area contributed by atoms with Crippen LogP contribution in [0.25, 0.3) is 0 Å². The van der Waals surface area contributed by atoms with Crippen LogP contribution >= 0.6 is 23.2 Å². The van der Waals surface area contributed by atoms with Crippen LogP contribution in [0.4, 0.5) is 0 Å². The fraction of sp³-hybridized carbons (Fsp3) is 0.0714. The summed E-state index contributed by atoms with van der Waals surface area (Å²) >= 11 is 12.0. The van der Waals surface area contributed by atoms with Crippen LogP contribution in [0.5, 0.6) is 0 Å². The molecule has 1 heterocycles. The van der Waals surface area contributed by atoms with Gasteiger partial charge in [0.1, 0.15) is 0 Å². The number of carbonyl (C=O) groups is 1. The number of nitrogens with zero attached hydrogens (tertiary/aromatic N) is 2. The van der Waals surface area contributed by atoms with Gasteiger partial charge in [0.05, 0.1) is 11.3 Å². The van der Waals surface area contributed by atoms with Gasteiger partial charge in [0.25, 0.3) is 5.91 Å². The number of hydrogen-bond donors (Lipinski definition) is 1. The van der Waals surface area contributed by atoms with Crippen molar-refractivity contribution in [2.45, 2.75) is 6.92 Å². The van der Waals surface area contributed by atoms with Crippen LogP contribution in [-0.4, -0.2) is 16.6 Å². The molecule has 0 saturated heterocycles. The molecule has 2 aromatic rings. The molecule has 0 aliphatic rings. The monoisotopic (exact) mass is 307 g/mol. The number of pyridine rings is 1. The first-order chi connectivity index (χ1) is 9.58. The highest BCUT2D eigenvalue weighted by Gasteiger charge is 2.07. The molecule has 0 radical (unpaired) electrons. The van der Waals surface area contributed by atoms with Crippen LogP contribution in [0.2, 0.25) is 10.0 Å². The predicted molar refractivity (Wildman–Crippen MR) is 80.4 cm³/mol. The van der Waals surface area contributed by atoms with Gasteiger partial charge in [0.15, 0.2) is 0 Å². The van der Waals surface area contributed by atoms with Crippen molar-refractivity contribution in [1.82, 2.24) is 10.4 Å². The zero-order valence-corrected chi connectivity index (χ0v) is 12.1. The van der Waals surface area contributed by atoms with Gasteiger partial charge in [-0.3, -0.25) is 9.78 Å². The molecular weight excluding hydrogens is 297 g/mol. The molecule has 0 saturated carbocycles. The van der Waals surface area contributed by atoms with E-state index in [1.165, 1.54) is 6.20 Å². The summed E-state index contributed by atoms with van der Waals surface area (Å²) in [5.41, 5.74) is 4.12. The molecule has 20 heavy (non-hydrogen) atoms. The van der Waals surface area contributed by atoms with Crippen LogP contribution in [0.1, 0.15) is 22.8 Å². The second-order valence-electron chi connectivity index (χ2n) is 4.00. The Morgan fingerprint density at radius 2 is 2.10 bits per heavy atom. The summed E-state index contributed by atoms with van der Waals surface area (Å²) in [5.74, 6) is -0.337. The molecule has 0 aliphatic carbocycles. The average molecular weight is 308 g/mol. The van der Waals surface area contributed by atoms with Crippen LogP contribution in [0.15, 0.2) is 47.8 Å². The van der Waals surface area contributed by atoms with Gasteiger partial charge < -0.3 is 0 Å². The molecule has 0 atom stereocenters. The number of carbonyl (C=O) groups excluding carboxylic acids is 1. The second kappa shape index (κ2) is 6.50. The molecule has 0 unspecified atom stereocenters. The number of hydrazone groups is 1. The first-order valence-corrected chi connectivity index (χ1v) is 6.53. The number of aromatic nitrogens is 1. The third-order valence-electron chi connectivity index (χ3n) is 2.57. The molecule has 0 fully saturated rings. The highest BCUT2D eigenvalue weighted by molar-refractivity contribution is 6.36. The Hall–Kier alpha value is -1.91. The Morgan fingerprint density at radius 3 is 2.80 bits per heavy atom. The second-order valence-corrected chi connectivity index (χ2v) is 4.85. The molecule has 0 aliphatic heterocycles. The van der Waals surface area contributed by atoms with E-state index in [1.54, 1.807) is 43.5 Å². The Kier molecular flexibility index (Phi) is 4.71. The number of halogens is 2. The van der Waals surface area contributed by atoms with Crippen molar-refractivity contribution in [3.05, 3.63) is 63.9 Å². The molecule has 2 rings (SSSR count). The maximum Gasteiger partial charge on any atom is 0.272 e. The summed E-state index contributed by atoms with van der Waals surface area (Å²) in [5, 5.41) is 5.09. The van der Waals surface area contributed by atoms with Crippen molar-refractivity contribution < 1.29 is 4.79 Å². The van der Waals surface area contributed by atoms with Crippen LogP contribution < -0.4 is 5.43 Å². The van der Waals surface area contributed by atoms with Crippen LogP contribution in [-0.2, 0) is 0 Å². The van der Waals surface area contributed by atoms with Gasteiger partial charge >= 0.3 is 0 Å². The summed E-state index contributed by atoms with van der Waals surface area (Å²) in [6.07, 6.45) is 3.06. The minimum Gasteiger partial charge on any atom is -0.267 e. The van der Waals surface area contributed by atoms with Crippen LogP contribution in [0, 0.1) is 0 Å². The normalized spacial score (nSPS) is 11.2. The molecule has 1 aromatic heterocycles. The van der Waals surface area contributed by atoms with E-state index < -0.39 is 0 Å². The average Bonchev–Trinajstić information content (AvgIpc) is 2.47. The van der Waals surface area contributed by atoms with Gasteiger partial charge in [-0.1, -0.05) is 23.2 Å². The summed E-state index contributed by atoms with van der Waals surface area (Å²) in [6, 6.07) is 8.40. The summed E-state index contributed by atoms with van der Waals surface area (Å²) < 4.78 is 0. The smallest absolute Gasteiger partial charge is 0.267 e. The molecule has 4 nitrogen and oxygen atoms in total. The number of hydrogen-bond acceptors (Lipinski definition) is 3. The predicted octanol–water partition coefficient (Wildman–Crippen LogP) is 3.54. The van der Waals surface area contributed by atoms with Crippen molar-refractivity contribution in [2.24, 2.45) is 5.10 Å². The van der Waals surface area contributed by atoms with E-state index in [0.29, 0.717) is 26.9 Å². The lowest BCUT2D eigenvalue weighted by molar-refractivity contribution is 0.0954. The lowest BCUT2D eigenvalue weighted by atomic mass is 10.1. The van der Waals surface area contributed by atoms with Gasteiger partial charge in [0, 0.05) is 28.0 Å². The van der Waals surface area contributed by atoms with E-state index in [-0.39, 0.29) is 5.91 Å². The quantitative estimate of drug-likeness (QED) is 0.696. The molecule has 0 spiro atoms. The fourth-order valence-electron chi connectivity index (χ4n) is 1.53. The van der Waals surface area contributed by atoms with E-state index in [2.05, 4.69) is 15.5 Å². The van der Waals surface area contributed by atoms with E-state index in [9.17, 15) is 4.79 Å². The number of nitrogens with one attached hydrogen (secondary N) is 1. The SMILES string of the molecule is CC(=NNC(=O)c1cccnc1)c1cc(Cl)ccc1Cl. The van der Waals surface area contributed by atoms with E-state index in [1.807, 2.05) is 0 Å². The zero-order valence-electron chi connectivity index (χ0n) is 10.6. The van der Waals surface area contributed by atoms with Gasteiger partial charge in [-0.2, -0.15) is 5.10 Å². The summed E-state index contributed by atoms with van der Waals surface area (Å²) in [7, 11) is 0. The van der Waals surface area contributed by atoms with Crippen molar-refractivity contribution in [3.8, 4) is 0 Å². The van der Waals surface area contributed by atoms with Crippen molar-refractivity contribution in [1.29, 1.82) is 0 Å². The molecule has 1 amide bonds. The Bertz CT molecular complexity index is 657. The Morgan fingerprint density at radius 1 is 1.30 bits per heavy atom. The third kappa shape index (κ3) is 3.56. The number of amides is 1. The minimum absolute atomic E-state index is 0.337. The highest BCUT2D eigenvalue weighted by Crippen LogP contribution is 2.21. The molecule has 6 heteroatoms. The van der Waals surface area contributed by atoms with Gasteiger partial charge in [-0.05, 0) is 37.3 Å². The third-order valence-corrected chi connectivity index (χ3v) is 3.13. The topological polar surface area (TPSA) is 54.4 Å². The van der Waals surface area contributed by atoms with E-state index in [4.69, 9.17) is 23.2 Å². The molecule has 0 bridgehead atoms. The fourth-order valence-corrected chi connectivity index (χ4v) is 1.96. The highest BCUT2D eigenvalue weighted by atomic mass is 35.5. The van der Waals surface area contributed by atoms with Crippen molar-refractivity contribution >= 4 is 34.8 Å². The van der Waals surface area contributed by atoms with Gasteiger partial charge in [-0.15, -0.1) is 0 Å². The largest absolute Gasteiger partial charge is 0.272 e. The Balaban J connectivity index is 2.15. The molecular formula is C14H11Cl2N3O. The minimum atomic E-state index is -0.337. The number of benzene rings is 1. The van der Waals surface area contributed by atoms with E-state index >= 15 is 0 Å². The first kappa shape index (κ1) is 14.5. The Labute approximate surface area is 126 Å². The molecule has 1 aromatic carbocycles. The van der Waals surface area contributed by atoms with Crippen molar-refractivity contribution in [3.63, 3.8) is 0 Å². The molecule has 1 N–H and O–H groups in total. The summed E-state index contributed by atoms with van der Waals surface area (Å²) in [6.45, 7) is 1.74. The molecule has 102 valence electrons. The van der Waals surface area contributed by atoms with Gasteiger partial charge in [-0.25, -0.2) is 5.43 Å².